The number of hydrogen-bond donors (Lipinski definition) is 0. The molecular formula is C11H14N+. The average Bonchev–Trinajstić information content (AvgIpc) is 2.07. The molecule has 0 aromatic carbocycles. The van der Waals surface area contributed by atoms with E-state index >= 15 is 0 Å². The highest BCUT2D eigenvalue weighted by atomic mass is 15.0. The van der Waals surface area contributed by atoms with Crippen LogP contribution in [-0.2, 0) is 13.0 Å². The molecule has 1 nitrogen and oxygen atoms in total. The van der Waals surface area contributed by atoms with Crippen LogP contribution < -0.4 is 4.57 Å². The Morgan fingerprint density at radius 1 is 1.17 bits per heavy atom. The summed E-state index contributed by atoms with van der Waals surface area (Å²) in [4.78, 5) is 0. The molecular weight excluding hydrogens is 146 g/mol. The fourth-order valence-corrected chi connectivity index (χ4v) is 1.64. The van der Waals surface area contributed by atoms with Gasteiger partial charge in [0, 0.05) is 12.1 Å². The Bertz CT molecular complexity index is 304. The summed E-state index contributed by atoms with van der Waals surface area (Å²) in [6, 6.07) is 6.41. The lowest BCUT2D eigenvalue weighted by atomic mass is 10.0. The van der Waals surface area contributed by atoms with Crippen LogP contribution in [0.25, 0.3) is 0 Å². The third kappa shape index (κ3) is 1.15. The normalized spacial score (nSPS) is 16.2. The molecule has 0 amide bonds. The van der Waals surface area contributed by atoms with Gasteiger partial charge < -0.3 is 0 Å². The number of nitrogens with zero attached hydrogens (tertiary/aromatic N) is 1. The van der Waals surface area contributed by atoms with Crippen LogP contribution in [0.3, 0.4) is 0 Å². The molecule has 0 bridgehead atoms. The van der Waals surface area contributed by atoms with Crippen molar-refractivity contribution in [3.05, 3.63) is 41.2 Å². The monoisotopic (exact) mass is 160 g/mol. The van der Waals surface area contributed by atoms with Crippen molar-refractivity contribution in [2.45, 2.75) is 26.8 Å². The van der Waals surface area contributed by atoms with E-state index in [0.29, 0.717) is 0 Å². The molecule has 0 spiro atoms. The molecule has 1 aromatic heterocycles. The summed E-state index contributed by atoms with van der Waals surface area (Å²) in [5, 5.41) is 0. The summed E-state index contributed by atoms with van der Waals surface area (Å²) >= 11 is 0. The first kappa shape index (κ1) is 7.53. The maximum absolute atomic E-state index is 2.32. The zero-order valence-electron chi connectivity index (χ0n) is 7.67. The molecule has 0 saturated carbocycles. The maximum atomic E-state index is 2.32. The van der Waals surface area contributed by atoms with Crippen LogP contribution in [0.1, 0.15) is 19.5 Å². The average molecular weight is 160 g/mol. The Hall–Kier alpha value is -1.11. The van der Waals surface area contributed by atoms with Gasteiger partial charge in [0.1, 0.15) is 0 Å². The third-order valence-electron chi connectivity index (χ3n) is 2.62. The Morgan fingerprint density at radius 3 is 2.83 bits per heavy atom. The smallest absolute Gasteiger partial charge is 0.185 e. The van der Waals surface area contributed by atoms with Gasteiger partial charge in [0.25, 0.3) is 0 Å². The van der Waals surface area contributed by atoms with Crippen LogP contribution in [0, 0.1) is 0 Å². The lowest BCUT2D eigenvalue weighted by molar-refractivity contribution is -0.698. The first-order valence-corrected chi connectivity index (χ1v) is 4.40. The van der Waals surface area contributed by atoms with Gasteiger partial charge in [0.2, 0.25) is 0 Å². The van der Waals surface area contributed by atoms with E-state index in [0.717, 1.165) is 13.0 Å². The van der Waals surface area contributed by atoms with E-state index in [1.54, 1.807) is 0 Å². The Balaban J connectivity index is 2.43. The molecule has 0 atom stereocenters. The summed E-state index contributed by atoms with van der Waals surface area (Å²) in [5.74, 6) is 0. The molecule has 0 unspecified atom stereocenters. The van der Waals surface area contributed by atoms with Gasteiger partial charge in [-0.15, -0.1) is 0 Å². The minimum absolute atomic E-state index is 1.07. The zero-order chi connectivity index (χ0) is 8.55. The van der Waals surface area contributed by atoms with Gasteiger partial charge in [-0.3, -0.25) is 0 Å². The van der Waals surface area contributed by atoms with E-state index in [4.69, 9.17) is 0 Å². The molecule has 2 heterocycles. The van der Waals surface area contributed by atoms with E-state index in [-0.39, 0.29) is 0 Å². The van der Waals surface area contributed by atoms with E-state index in [2.05, 4.69) is 42.8 Å². The third-order valence-corrected chi connectivity index (χ3v) is 2.62. The summed E-state index contributed by atoms with van der Waals surface area (Å²) in [7, 11) is 0. The molecule has 1 heteroatoms. The Kier molecular flexibility index (Phi) is 1.72. The van der Waals surface area contributed by atoms with Crippen molar-refractivity contribution in [1.82, 2.24) is 0 Å². The van der Waals surface area contributed by atoms with Gasteiger partial charge in [-0.05, 0) is 19.4 Å². The highest BCUT2D eigenvalue weighted by Crippen LogP contribution is 2.13. The van der Waals surface area contributed by atoms with Crippen molar-refractivity contribution in [2.75, 3.05) is 0 Å². The van der Waals surface area contributed by atoms with Crippen molar-refractivity contribution in [1.29, 1.82) is 0 Å². The lowest BCUT2D eigenvalue weighted by Crippen LogP contribution is -2.41. The van der Waals surface area contributed by atoms with Gasteiger partial charge in [0.05, 0.1) is 6.42 Å². The zero-order valence-corrected chi connectivity index (χ0v) is 7.67. The first-order chi connectivity index (χ1) is 5.77. The van der Waals surface area contributed by atoms with Crippen molar-refractivity contribution < 1.29 is 4.57 Å². The van der Waals surface area contributed by atoms with Crippen LogP contribution in [-0.4, -0.2) is 0 Å². The minimum Gasteiger partial charge on any atom is -0.198 e. The largest absolute Gasteiger partial charge is 0.198 e. The number of pyridine rings is 1. The van der Waals surface area contributed by atoms with E-state index in [1.165, 1.54) is 16.8 Å². The quantitative estimate of drug-likeness (QED) is 0.403. The SMILES string of the molecule is CC1=C(C)C[n+]2ccccc2C1. The van der Waals surface area contributed by atoms with Crippen molar-refractivity contribution >= 4 is 0 Å². The van der Waals surface area contributed by atoms with Crippen LogP contribution >= 0.6 is 0 Å². The molecule has 1 aliphatic rings. The number of fused-ring (bicyclic) bond motifs is 1. The molecule has 1 aliphatic heterocycles. The van der Waals surface area contributed by atoms with Crippen molar-refractivity contribution in [3.63, 3.8) is 0 Å². The number of aromatic nitrogens is 1. The molecule has 0 radical (unpaired) electrons. The molecule has 12 heavy (non-hydrogen) atoms. The summed E-state index contributed by atoms with van der Waals surface area (Å²) in [6.45, 7) is 5.52. The minimum atomic E-state index is 1.07. The van der Waals surface area contributed by atoms with E-state index in [9.17, 15) is 0 Å². The Labute approximate surface area is 73.4 Å². The fourth-order valence-electron chi connectivity index (χ4n) is 1.64. The van der Waals surface area contributed by atoms with Crippen molar-refractivity contribution in [2.24, 2.45) is 0 Å². The number of hydrogen-bond acceptors (Lipinski definition) is 0. The predicted molar refractivity (Wildman–Crippen MR) is 48.7 cm³/mol. The molecule has 62 valence electrons. The molecule has 2 rings (SSSR count). The van der Waals surface area contributed by atoms with Gasteiger partial charge >= 0.3 is 0 Å². The van der Waals surface area contributed by atoms with Crippen LogP contribution in [0.15, 0.2) is 35.5 Å². The highest BCUT2D eigenvalue weighted by Gasteiger charge is 2.17. The topological polar surface area (TPSA) is 3.88 Å². The lowest BCUT2D eigenvalue weighted by Gasteiger charge is -2.12. The van der Waals surface area contributed by atoms with Gasteiger partial charge in [-0.2, -0.15) is 4.57 Å². The van der Waals surface area contributed by atoms with Crippen LogP contribution in [0.4, 0.5) is 0 Å². The second kappa shape index (κ2) is 2.74. The molecule has 0 fully saturated rings. The van der Waals surface area contributed by atoms with Gasteiger partial charge in [-0.1, -0.05) is 11.6 Å². The summed E-state index contributed by atoms with van der Waals surface area (Å²) < 4.78 is 2.32. The first-order valence-electron chi connectivity index (χ1n) is 4.40. The molecule has 0 saturated heterocycles. The standard InChI is InChI=1S/C11H14N/c1-9-7-11-5-3-4-6-12(11)8-10(9)2/h3-6H,7-8H2,1-2H3/q+1. The maximum Gasteiger partial charge on any atom is 0.185 e. The van der Waals surface area contributed by atoms with Crippen molar-refractivity contribution in [3.8, 4) is 0 Å². The Morgan fingerprint density at radius 2 is 2.00 bits per heavy atom. The van der Waals surface area contributed by atoms with Crippen LogP contribution in [0.2, 0.25) is 0 Å². The second-order valence-electron chi connectivity index (χ2n) is 3.56. The molecule has 0 aliphatic carbocycles. The summed E-state index contributed by atoms with van der Waals surface area (Å²) in [5.41, 5.74) is 4.47. The highest BCUT2D eigenvalue weighted by molar-refractivity contribution is 5.17. The van der Waals surface area contributed by atoms with E-state index < -0.39 is 0 Å². The summed E-state index contributed by atoms with van der Waals surface area (Å²) in [6.07, 6.45) is 3.28. The predicted octanol–water partition coefficient (Wildman–Crippen LogP) is 1.87. The molecule has 0 N–H and O–H groups in total. The molecule has 1 aromatic rings. The van der Waals surface area contributed by atoms with Gasteiger partial charge in [0.15, 0.2) is 18.4 Å². The number of rotatable bonds is 0. The van der Waals surface area contributed by atoms with Gasteiger partial charge in [-0.25, -0.2) is 0 Å². The van der Waals surface area contributed by atoms with E-state index in [1.807, 2.05) is 0 Å². The van der Waals surface area contributed by atoms with Crippen LogP contribution in [0.5, 0.6) is 0 Å². The number of allylic oxidation sites excluding steroid dienone is 2. The fraction of sp³-hybridized carbons (Fsp3) is 0.364. The second-order valence-corrected chi connectivity index (χ2v) is 3.56.